The molecule has 0 N–H and O–H groups in total. The first-order valence-electron chi connectivity index (χ1n) is 10.5. The van der Waals surface area contributed by atoms with Crippen LogP contribution >= 0.6 is 0 Å². The highest BCUT2D eigenvalue weighted by Gasteiger charge is 2.28. The first-order valence-corrected chi connectivity index (χ1v) is 12.3. The first kappa shape index (κ1) is 22.7. The van der Waals surface area contributed by atoms with E-state index in [-0.39, 0.29) is 17.6 Å². The van der Waals surface area contributed by atoms with Gasteiger partial charge in [0.15, 0.2) is 9.84 Å². The number of hydrogen-bond donors (Lipinski definition) is 0. The van der Waals surface area contributed by atoms with Gasteiger partial charge in [-0.1, -0.05) is 30.3 Å². The lowest BCUT2D eigenvalue weighted by molar-refractivity contribution is -0.139. The van der Waals surface area contributed by atoms with Crippen LogP contribution in [0.15, 0.2) is 30.3 Å². The Labute approximate surface area is 178 Å². The van der Waals surface area contributed by atoms with Gasteiger partial charge in [-0.05, 0) is 18.4 Å². The summed E-state index contributed by atoms with van der Waals surface area (Å²) >= 11 is 0. The smallest absolute Gasteiger partial charge is 0.237 e. The summed E-state index contributed by atoms with van der Waals surface area (Å²) in [6.45, 7) is 4.84. The van der Waals surface area contributed by atoms with Gasteiger partial charge in [-0.2, -0.15) is 0 Å². The molecule has 2 saturated heterocycles. The predicted octanol–water partition coefficient (Wildman–Crippen LogP) is 0.0370. The Balaban J connectivity index is 1.38. The molecule has 2 aliphatic rings. The Bertz CT molecular complexity index is 801. The minimum Gasteiger partial charge on any atom is -0.379 e. The Morgan fingerprint density at radius 3 is 2.10 bits per heavy atom. The van der Waals surface area contributed by atoms with Crippen LogP contribution in [0.3, 0.4) is 0 Å². The van der Waals surface area contributed by atoms with Gasteiger partial charge >= 0.3 is 0 Å². The summed E-state index contributed by atoms with van der Waals surface area (Å²) in [4.78, 5) is 30.3. The predicted molar refractivity (Wildman–Crippen MR) is 114 cm³/mol. The quantitative estimate of drug-likeness (QED) is 0.571. The van der Waals surface area contributed by atoms with Crippen LogP contribution in [0, 0.1) is 0 Å². The van der Waals surface area contributed by atoms with Crippen molar-refractivity contribution in [3.8, 4) is 0 Å². The fourth-order valence-electron chi connectivity index (χ4n) is 3.75. The third kappa shape index (κ3) is 7.07. The summed E-state index contributed by atoms with van der Waals surface area (Å²) in [5.74, 6) is -0.762. The largest absolute Gasteiger partial charge is 0.379 e. The highest BCUT2D eigenvalue weighted by atomic mass is 32.2. The van der Waals surface area contributed by atoms with E-state index >= 15 is 0 Å². The highest BCUT2D eigenvalue weighted by Crippen LogP contribution is 2.08. The van der Waals surface area contributed by atoms with E-state index in [4.69, 9.17) is 4.74 Å². The lowest BCUT2D eigenvalue weighted by Gasteiger charge is -2.36. The molecule has 1 aromatic rings. The van der Waals surface area contributed by atoms with Crippen molar-refractivity contribution < 1.29 is 22.7 Å². The van der Waals surface area contributed by atoms with Crippen LogP contribution in [0.2, 0.25) is 0 Å². The fraction of sp³-hybridized carbons (Fsp3) is 0.619. The summed E-state index contributed by atoms with van der Waals surface area (Å²) in [7, 11) is -3.44. The number of carbonyl (C=O) groups is 2. The van der Waals surface area contributed by atoms with Gasteiger partial charge in [0.2, 0.25) is 11.8 Å². The molecular weight excluding hydrogens is 406 g/mol. The number of carbonyl (C=O) groups excluding carboxylic acids is 2. The summed E-state index contributed by atoms with van der Waals surface area (Å²) < 4.78 is 30.0. The second kappa shape index (κ2) is 10.9. The van der Waals surface area contributed by atoms with Crippen molar-refractivity contribution in [1.29, 1.82) is 0 Å². The van der Waals surface area contributed by atoms with Crippen LogP contribution in [0.4, 0.5) is 0 Å². The fourth-order valence-corrected chi connectivity index (χ4v) is 5.04. The minimum atomic E-state index is -3.44. The molecule has 0 bridgehead atoms. The van der Waals surface area contributed by atoms with Crippen molar-refractivity contribution in [3.05, 3.63) is 35.9 Å². The van der Waals surface area contributed by atoms with Gasteiger partial charge in [0.25, 0.3) is 0 Å². The second-order valence-corrected chi connectivity index (χ2v) is 10.0. The van der Waals surface area contributed by atoms with Crippen LogP contribution in [0.1, 0.15) is 12.0 Å². The van der Waals surface area contributed by atoms with E-state index in [9.17, 15) is 18.0 Å². The maximum Gasteiger partial charge on any atom is 0.237 e. The molecule has 0 atom stereocenters. The van der Waals surface area contributed by atoms with Crippen LogP contribution < -0.4 is 0 Å². The molecule has 2 amide bonds. The Morgan fingerprint density at radius 1 is 0.867 bits per heavy atom. The highest BCUT2D eigenvalue weighted by molar-refractivity contribution is 7.92. The molecule has 0 aliphatic carbocycles. The van der Waals surface area contributed by atoms with Crippen molar-refractivity contribution in [1.82, 2.24) is 14.7 Å². The van der Waals surface area contributed by atoms with E-state index in [0.717, 1.165) is 18.7 Å². The maximum atomic E-state index is 12.5. The standard InChI is InChI=1S/C21H31N3O5S/c25-20(17-22-12-14-29-15-13-22)23-8-10-24(11-9-23)21(26)18-30(27,28)16-4-7-19-5-2-1-3-6-19/h1-3,5-6H,4,7-18H2. The second-order valence-electron chi connectivity index (χ2n) is 7.83. The normalized spacial score (nSPS) is 18.4. The van der Waals surface area contributed by atoms with Gasteiger partial charge < -0.3 is 14.5 Å². The molecule has 0 spiro atoms. The van der Waals surface area contributed by atoms with Gasteiger partial charge in [0, 0.05) is 39.3 Å². The lowest BCUT2D eigenvalue weighted by Crippen LogP contribution is -2.54. The van der Waals surface area contributed by atoms with Crippen LogP contribution in [0.5, 0.6) is 0 Å². The molecule has 3 rings (SSSR count). The Hall–Kier alpha value is -1.97. The average Bonchev–Trinajstić information content (AvgIpc) is 2.75. The van der Waals surface area contributed by atoms with Crippen LogP contribution in [0.25, 0.3) is 0 Å². The van der Waals surface area contributed by atoms with Crippen LogP contribution in [-0.4, -0.2) is 105 Å². The van der Waals surface area contributed by atoms with Gasteiger partial charge in [-0.25, -0.2) is 8.42 Å². The third-order valence-electron chi connectivity index (χ3n) is 5.55. The van der Waals surface area contributed by atoms with E-state index < -0.39 is 15.6 Å². The van der Waals surface area contributed by atoms with E-state index in [1.807, 2.05) is 30.3 Å². The zero-order chi connectivity index (χ0) is 21.4. The Kier molecular flexibility index (Phi) is 8.24. The summed E-state index contributed by atoms with van der Waals surface area (Å²) in [5, 5.41) is 0. The Morgan fingerprint density at radius 2 is 1.47 bits per heavy atom. The molecule has 1 aromatic carbocycles. The number of piperazine rings is 1. The van der Waals surface area contributed by atoms with E-state index in [1.165, 1.54) is 0 Å². The molecule has 2 fully saturated rings. The molecule has 2 aliphatic heterocycles. The number of nitrogens with zero attached hydrogens (tertiary/aromatic N) is 3. The van der Waals surface area contributed by atoms with Crippen molar-refractivity contribution in [2.45, 2.75) is 12.8 Å². The molecule has 166 valence electrons. The van der Waals surface area contributed by atoms with Gasteiger partial charge in [-0.15, -0.1) is 0 Å². The zero-order valence-corrected chi connectivity index (χ0v) is 18.2. The monoisotopic (exact) mass is 437 g/mol. The van der Waals surface area contributed by atoms with E-state index in [0.29, 0.717) is 58.8 Å². The van der Waals surface area contributed by atoms with E-state index in [2.05, 4.69) is 4.90 Å². The summed E-state index contributed by atoms with van der Waals surface area (Å²) in [5.41, 5.74) is 1.09. The molecule has 8 nitrogen and oxygen atoms in total. The number of morpholine rings is 1. The van der Waals surface area contributed by atoms with Crippen molar-refractivity contribution in [2.24, 2.45) is 0 Å². The molecule has 2 heterocycles. The number of hydrogen-bond acceptors (Lipinski definition) is 6. The zero-order valence-electron chi connectivity index (χ0n) is 17.4. The molecule has 9 heteroatoms. The molecule has 30 heavy (non-hydrogen) atoms. The SMILES string of the molecule is O=C(CN1CCOCC1)N1CCN(C(=O)CS(=O)(=O)CCCc2ccccc2)CC1. The topological polar surface area (TPSA) is 87.2 Å². The van der Waals surface area contributed by atoms with Crippen molar-refractivity contribution in [3.63, 3.8) is 0 Å². The van der Waals surface area contributed by atoms with Crippen LogP contribution in [-0.2, 0) is 30.6 Å². The average molecular weight is 438 g/mol. The minimum absolute atomic E-state index is 0.00559. The first-order chi connectivity index (χ1) is 14.4. The molecule has 0 saturated carbocycles. The lowest BCUT2D eigenvalue weighted by atomic mass is 10.1. The number of aryl methyl sites for hydroxylation is 1. The molecule has 0 unspecified atom stereocenters. The number of amides is 2. The maximum absolute atomic E-state index is 12.5. The third-order valence-corrected chi connectivity index (χ3v) is 7.15. The molecule has 0 aromatic heterocycles. The van der Waals surface area contributed by atoms with E-state index in [1.54, 1.807) is 9.80 Å². The van der Waals surface area contributed by atoms with Gasteiger partial charge in [-0.3, -0.25) is 14.5 Å². The number of benzene rings is 1. The number of rotatable bonds is 8. The molecule has 0 radical (unpaired) electrons. The summed E-state index contributed by atoms with van der Waals surface area (Å²) in [6.07, 6.45) is 1.18. The molecular formula is C21H31N3O5S. The summed E-state index contributed by atoms with van der Waals surface area (Å²) in [6, 6.07) is 9.72. The number of sulfone groups is 1. The van der Waals surface area contributed by atoms with Gasteiger partial charge in [0.05, 0.1) is 25.5 Å². The van der Waals surface area contributed by atoms with Gasteiger partial charge in [0.1, 0.15) is 5.75 Å². The van der Waals surface area contributed by atoms with Crippen molar-refractivity contribution in [2.75, 3.05) is 70.5 Å². The van der Waals surface area contributed by atoms with Crippen molar-refractivity contribution >= 4 is 21.7 Å². The number of ether oxygens (including phenoxy) is 1.